The maximum absolute atomic E-state index is 12.3. The minimum atomic E-state index is -0.455. The Bertz CT molecular complexity index is 532. The van der Waals surface area contributed by atoms with Crippen LogP contribution in [0.3, 0.4) is 0 Å². The van der Waals surface area contributed by atoms with E-state index in [0.29, 0.717) is 24.7 Å². The molecule has 0 saturated heterocycles. The highest BCUT2D eigenvalue weighted by molar-refractivity contribution is 6.03. The van der Waals surface area contributed by atoms with Crippen LogP contribution in [0, 0.1) is 5.92 Å². The average Bonchev–Trinajstić information content (AvgIpc) is 2.62. The van der Waals surface area contributed by atoms with Crippen LogP contribution in [0.5, 0.6) is 0 Å². The van der Waals surface area contributed by atoms with Crippen molar-refractivity contribution >= 4 is 11.9 Å². The number of benzene rings is 1. The summed E-state index contributed by atoms with van der Waals surface area (Å²) in [6.07, 6.45) is 9.04. The van der Waals surface area contributed by atoms with Gasteiger partial charge in [0.2, 0.25) is 0 Å². The summed E-state index contributed by atoms with van der Waals surface area (Å²) in [4.78, 5) is 24.4. The Morgan fingerprint density at radius 1 is 0.958 bits per heavy atom. The van der Waals surface area contributed by atoms with Crippen molar-refractivity contribution in [3.8, 4) is 0 Å². The third-order valence-electron chi connectivity index (χ3n) is 4.58. The molecule has 0 aliphatic heterocycles. The van der Waals surface area contributed by atoms with Gasteiger partial charge in [-0.15, -0.1) is 0 Å². The molecule has 0 bridgehead atoms. The lowest BCUT2D eigenvalue weighted by atomic mass is 9.87. The minimum Gasteiger partial charge on any atom is -0.462 e. The lowest BCUT2D eigenvalue weighted by Crippen LogP contribution is -2.16. The normalized spacial score (nSPS) is 15.0. The topological polar surface area (TPSA) is 52.6 Å². The molecule has 1 fully saturated rings. The van der Waals surface area contributed by atoms with E-state index in [0.717, 1.165) is 19.3 Å². The molecular formula is C20H28O4. The van der Waals surface area contributed by atoms with Crippen LogP contribution < -0.4 is 0 Å². The van der Waals surface area contributed by atoms with Crippen LogP contribution >= 0.6 is 0 Å². The van der Waals surface area contributed by atoms with Crippen LogP contribution in [0.25, 0.3) is 0 Å². The monoisotopic (exact) mass is 332 g/mol. The Morgan fingerprint density at radius 2 is 1.54 bits per heavy atom. The molecule has 2 rings (SSSR count). The zero-order valence-corrected chi connectivity index (χ0v) is 14.6. The standard InChI is InChI=1S/C20H28O4/c1-2-3-14-23-19(21)17-11-7-8-12-18(17)20(22)24-15-13-16-9-5-4-6-10-16/h7-8,11-12,16H,2-6,9-10,13-15H2,1H3. The molecule has 0 atom stereocenters. The van der Waals surface area contributed by atoms with Crippen molar-refractivity contribution in [2.75, 3.05) is 13.2 Å². The molecule has 1 aliphatic carbocycles. The minimum absolute atomic E-state index is 0.288. The van der Waals surface area contributed by atoms with Gasteiger partial charge in [-0.3, -0.25) is 0 Å². The fraction of sp³-hybridized carbons (Fsp3) is 0.600. The van der Waals surface area contributed by atoms with Gasteiger partial charge < -0.3 is 9.47 Å². The summed E-state index contributed by atoms with van der Waals surface area (Å²) in [5, 5.41) is 0. The Morgan fingerprint density at radius 3 is 2.12 bits per heavy atom. The molecule has 4 heteroatoms. The maximum atomic E-state index is 12.3. The number of rotatable bonds is 8. The second-order valence-corrected chi connectivity index (χ2v) is 6.46. The summed E-state index contributed by atoms with van der Waals surface area (Å²) < 4.78 is 10.6. The van der Waals surface area contributed by atoms with Crippen molar-refractivity contribution in [3.05, 3.63) is 35.4 Å². The molecule has 132 valence electrons. The third-order valence-corrected chi connectivity index (χ3v) is 4.58. The highest BCUT2D eigenvalue weighted by Crippen LogP contribution is 2.26. The summed E-state index contributed by atoms with van der Waals surface area (Å²) in [6, 6.07) is 6.71. The van der Waals surface area contributed by atoms with E-state index < -0.39 is 11.9 Å². The van der Waals surface area contributed by atoms with Crippen LogP contribution in [0.2, 0.25) is 0 Å². The summed E-state index contributed by atoms with van der Waals surface area (Å²) >= 11 is 0. The van der Waals surface area contributed by atoms with E-state index in [4.69, 9.17) is 9.47 Å². The Labute approximate surface area is 144 Å². The summed E-state index contributed by atoms with van der Waals surface area (Å²) in [7, 11) is 0. The molecule has 1 aliphatic rings. The van der Waals surface area contributed by atoms with E-state index in [-0.39, 0.29) is 5.56 Å². The second kappa shape index (κ2) is 10.1. The highest BCUT2D eigenvalue weighted by Gasteiger charge is 2.20. The lowest BCUT2D eigenvalue weighted by Gasteiger charge is -2.21. The maximum Gasteiger partial charge on any atom is 0.339 e. The number of carbonyl (C=O) groups is 2. The van der Waals surface area contributed by atoms with Crippen LogP contribution in [-0.4, -0.2) is 25.2 Å². The fourth-order valence-electron chi connectivity index (χ4n) is 3.10. The third kappa shape index (κ3) is 5.66. The molecule has 0 amide bonds. The average molecular weight is 332 g/mol. The first-order valence-electron chi connectivity index (χ1n) is 9.15. The summed E-state index contributed by atoms with van der Waals surface area (Å²) in [5.74, 6) is -0.224. The number of ether oxygens (including phenoxy) is 2. The summed E-state index contributed by atoms with van der Waals surface area (Å²) in [6.45, 7) is 2.83. The van der Waals surface area contributed by atoms with E-state index in [1.807, 2.05) is 6.92 Å². The van der Waals surface area contributed by atoms with Crippen LogP contribution in [0.15, 0.2) is 24.3 Å². The van der Waals surface area contributed by atoms with Gasteiger partial charge in [0.1, 0.15) is 0 Å². The molecule has 24 heavy (non-hydrogen) atoms. The van der Waals surface area contributed by atoms with E-state index >= 15 is 0 Å². The van der Waals surface area contributed by atoms with Crippen LogP contribution in [0.1, 0.15) is 79.0 Å². The number of carbonyl (C=O) groups excluding carboxylic acids is 2. The molecule has 0 spiro atoms. The molecule has 0 radical (unpaired) electrons. The van der Waals surface area contributed by atoms with Crippen LogP contribution in [-0.2, 0) is 9.47 Å². The SMILES string of the molecule is CCCCOC(=O)c1ccccc1C(=O)OCCC1CCCCC1. The second-order valence-electron chi connectivity index (χ2n) is 6.46. The molecule has 0 unspecified atom stereocenters. The quantitative estimate of drug-likeness (QED) is 0.508. The van der Waals surface area contributed by atoms with Crippen molar-refractivity contribution in [1.29, 1.82) is 0 Å². The van der Waals surface area contributed by atoms with Crippen molar-refractivity contribution < 1.29 is 19.1 Å². The van der Waals surface area contributed by atoms with Gasteiger partial charge in [-0.1, -0.05) is 57.6 Å². The fourth-order valence-corrected chi connectivity index (χ4v) is 3.10. The summed E-state index contributed by atoms with van der Waals surface area (Å²) in [5.41, 5.74) is 0.582. The van der Waals surface area contributed by atoms with Crippen molar-refractivity contribution in [2.24, 2.45) is 5.92 Å². The van der Waals surface area contributed by atoms with Gasteiger partial charge in [0.25, 0.3) is 0 Å². The Hall–Kier alpha value is -1.84. The highest BCUT2D eigenvalue weighted by atomic mass is 16.5. The number of hydrogen-bond donors (Lipinski definition) is 0. The molecule has 1 aromatic rings. The number of hydrogen-bond acceptors (Lipinski definition) is 4. The zero-order valence-electron chi connectivity index (χ0n) is 14.6. The van der Waals surface area contributed by atoms with E-state index in [2.05, 4.69) is 0 Å². The molecule has 1 aromatic carbocycles. The predicted octanol–water partition coefficient (Wildman–Crippen LogP) is 4.77. The van der Waals surface area contributed by atoms with Gasteiger partial charge in [-0.2, -0.15) is 0 Å². The molecule has 0 aromatic heterocycles. The number of esters is 2. The van der Waals surface area contributed by atoms with Gasteiger partial charge >= 0.3 is 11.9 Å². The first-order chi connectivity index (χ1) is 11.7. The first kappa shape index (κ1) is 18.5. The van der Waals surface area contributed by atoms with Gasteiger partial charge in [-0.05, 0) is 30.9 Å². The molecule has 1 saturated carbocycles. The van der Waals surface area contributed by atoms with E-state index in [1.54, 1.807) is 24.3 Å². The Balaban J connectivity index is 1.87. The number of unbranched alkanes of at least 4 members (excludes halogenated alkanes) is 1. The largest absolute Gasteiger partial charge is 0.462 e. The first-order valence-corrected chi connectivity index (χ1v) is 9.15. The molecule has 0 heterocycles. The van der Waals surface area contributed by atoms with Gasteiger partial charge in [0.15, 0.2) is 0 Å². The van der Waals surface area contributed by atoms with E-state index in [1.165, 1.54) is 32.1 Å². The van der Waals surface area contributed by atoms with Gasteiger partial charge in [-0.25, -0.2) is 9.59 Å². The van der Waals surface area contributed by atoms with Gasteiger partial charge in [0.05, 0.1) is 24.3 Å². The lowest BCUT2D eigenvalue weighted by molar-refractivity contribution is 0.0438. The smallest absolute Gasteiger partial charge is 0.339 e. The van der Waals surface area contributed by atoms with Crippen molar-refractivity contribution in [2.45, 2.75) is 58.3 Å². The molecule has 4 nitrogen and oxygen atoms in total. The molecular weight excluding hydrogens is 304 g/mol. The molecule has 0 N–H and O–H groups in total. The van der Waals surface area contributed by atoms with Crippen molar-refractivity contribution in [1.82, 2.24) is 0 Å². The zero-order chi connectivity index (χ0) is 17.2. The van der Waals surface area contributed by atoms with Crippen LogP contribution in [0.4, 0.5) is 0 Å². The van der Waals surface area contributed by atoms with Crippen molar-refractivity contribution in [3.63, 3.8) is 0 Å². The predicted molar refractivity (Wildman–Crippen MR) is 93.1 cm³/mol. The van der Waals surface area contributed by atoms with E-state index in [9.17, 15) is 9.59 Å². The van der Waals surface area contributed by atoms with Gasteiger partial charge in [0, 0.05) is 0 Å². The Kier molecular flexibility index (Phi) is 7.80.